The second-order valence-corrected chi connectivity index (χ2v) is 7.44. The van der Waals surface area contributed by atoms with Gasteiger partial charge in [0.1, 0.15) is 17.3 Å². The second kappa shape index (κ2) is 6.93. The van der Waals surface area contributed by atoms with Gasteiger partial charge in [0.2, 0.25) is 0 Å². The fraction of sp³-hybridized carbons (Fsp3) is 0.235. The number of methoxy groups -OCH3 is 1. The van der Waals surface area contributed by atoms with E-state index in [1.165, 1.54) is 42.4 Å². The Morgan fingerprint density at radius 1 is 1.27 bits per heavy atom. The molecular weight excluding hydrogens is 359 g/mol. The van der Waals surface area contributed by atoms with Crippen LogP contribution in [-0.4, -0.2) is 36.3 Å². The summed E-state index contributed by atoms with van der Waals surface area (Å²) in [6.45, 7) is 0.357. The Labute approximate surface area is 151 Å². The largest absolute Gasteiger partial charge is 0.494 e. The number of hydrogen-bond donors (Lipinski definition) is 1. The number of nitrogens with zero attached hydrogens (tertiary/aromatic N) is 3. The van der Waals surface area contributed by atoms with Crippen molar-refractivity contribution in [1.29, 1.82) is 0 Å². The number of benzene rings is 1. The van der Waals surface area contributed by atoms with Gasteiger partial charge in [0.15, 0.2) is 5.03 Å². The van der Waals surface area contributed by atoms with E-state index in [-0.39, 0.29) is 16.3 Å². The Morgan fingerprint density at radius 2 is 2.00 bits per heavy atom. The molecule has 2 aromatic heterocycles. The van der Waals surface area contributed by atoms with Crippen LogP contribution in [0.4, 0.5) is 4.39 Å². The Bertz CT molecular complexity index is 1040. The third kappa shape index (κ3) is 2.99. The lowest BCUT2D eigenvalue weighted by Crippen LogP contribution is -2.15. The summed E-state index contributed by atoms with van der Waals surface area (Å²) < 4.78 is 48.6. The van der Waals surface area contributed by atoms with Gasteiger partial charge < -0.3 is 10.1 Å². The van der Waals surface area contributed by atoms with Crippen molar-refractivity contribution < 1.29 is 17.5 Å². The first-order valence-corrected chi connectivity index (χ1v) is 9.27. The molecule has 138 valence electrons. The van der Waals surface area contributed by atoms with Crippen LogP contribution in [0.3, 0.4) is 0 Å². The lowest BCUT2D eigenvalue weighted by molar-refractivity contribution is 0.411. The van der Waals surface area contributed by atoms with E-state index in [0.29, 0.717) is 17.9 Å². The molecule has 0 amide bonds. The van der Waals surface area contributed by atoms with E-state index in [9.17, 15) is 12.8 Å². The normalized spacial score (nSPS) is 11.7. The molecule has 0 aliphatic rings. The molecule has 7 nitrogen and oxygen atoms in total. The maximum absolute atomic E-state index is 14.5. The molecule has 3 aromatic rings. The van der Waals surface area contributed by atoms with Gasteiger partial charge in [0.05, 0.1) is 7.11 Å². The fourth-order valence-corrected chi connectivity index (χ4v) is 4.13. The minimum Gasteiger partial charge on any atom is -0.494 e. The van der Waals surface area contributed by atoms with Crippen LogP contribution in [0, 0.1) is 5.82 Å². The van der Waals surface area contributed by atoms with Gasteiger partial charge in [-0.05, 0) is 25.2 Å². The van der Waals surface area contributed by atoms with Gasteiger partial charge in [0.25, 0.3) is 10.0 Å². The monoisotopic (exact) mass is 378 g/mol. The highest BCUT2D eigenvalue weighted by Gasteiger charge is 2.29. The van der Waals surface area contributed by atoms with Crippen LogP contribution in [0.25, 0.3) is 11.3 Å². The summed E-state index contributed by atoms with van der Waals surface area (Å²) in [5.41, 5.74) is 0.848. The highest BCUT2D eigenvalue weighted by atomic mass is 32.2. The van der Waals surface area contributed by atoms with Crippen molar-refractivity contribution in [3.63, 3.8) is 0 Å². The standard InChI is InChI=1S/C17H19FN4O3S/c1-19-10-12-11-22(26(23,24)15-8-9-21(2)20-15)16(17(12)25-3)13-6-4-5-7-14(13)18/h4-9,11,19H,10H2,1-3H3. The van der Waals surface area contributed by atoms with Crippen molar-refractivity contribution >= 4 is 10.0 Å². The number of aromatic nitrogens is 3. The Hall–Kier alpha value is -2.65. The summed E-state index contributed by atoms with van der Waals surface area (Å²) in [5.74, 6) is -0.249. The lowest BCUT2D eigenvalue weighted by atomic mass is 10.1. The molecular formula is C17H19FN4O3S. The summed E-state index contributed by atoms with van der Waals surface area (Å²) in [7, 11) is 0.747. The maximum Gasteiger partial charge on any atom is 0.287 e. The molecule has 3 rings (SSSR count). The molecule has 26 heavy (non-hydrogen) atoms. The summed E-state index contributed by atoms with van der Waals surface area (Å²) in [6, 6.07) is 7.36. The van der Waals surface area contributed by atoms with Gasteiger partial charge in [-0.2, -0.15) is 13.5 Å². The smallest absolute Gasteiger partial charge is 0.287 e. The van der Waals surface area contributed by atoms with Gasteiger partial charge in [-0.1, -0.05) is 12.1 Å². The molecule has 1 N–H and O–H groups in total. The zero-order valence-electron chi connectivity index (χ0n) is 14.6. The topological polar surface area (TPSA) is 78.2 Å². The van der Waals surface area contributed by atoms with E-state index >= 15 is 0 Å². The van der Waals surface area contributed by atoms with Crippen LogP contribution in [0.15, 0.2) is 47.8 Å². The average molecular weight is 378 g/mol. The van der Waals surface area contributed by atoms with E-state index in [1.807, 2.05) is 0 Å². The second-order valence-electron chi connectivity index (χ2n) is 5.67. The lowest BCUT2D eigenvalue weighted by Gasteiger charge is -2.11. The van der Waals surface area contributed by atoms with Gasteiger partial charge in [0, 0.05) is 37.1 Å². The SMILES string of the molecule is CNCc1cn(S(=O)(=O)c2ccn(C)n2)c(-c2ccccc2F)c1OC. The molecule has 2 heterocycles. The molecule has 0 radical (unpaired) electrons. The fourth-order valence-electron chi connectivity index (χ4n) is 2.78. The van der Waals surface area contributed by atoms with Gasteiger partial charge in [-0.15, -0.1) is 0 Å². The molecule has 0 spiro atoms. The van der Waals surface area contributed by atoms with Crippen molar-refractivity contribution in [2.75, 3.05) is 14.2 Å². The van der Waals surface area contributed by atoms with Crippen LogP contribution in [0.5, 0.6) is 5.75 Å². The predicted octanol–water partition coefficient (Wildman–Crippen LogP) is 1.99. The molecule has 0 fully saturated rings. The molecule has 0 saturated heterocycles. The number of hydrogen-bond acceptors (Lipinski definition) is 5. The number of ether oxygens (including phenoxy) is 1. The van der Waals surface area contributed by atoms with Gasteiger partial charge >= 0.3 is 0 Å². The number of aryl methyl sites for hydroxylation is 1. The zero-order valence-corrected chi connectivity index (χ0v) is 15.4. The minimum absolute atomic E-state index is 0.126. The van der Waals surface area contributed by atoms with Crippen LogP contribution >= 0.6 is 0 Å². The Morgan fingerprint density at radius 3 is 2.58 bits per heavy atom. The number of halogens is 1. The van der Waals surface area contributed by atoms with E-state index < -0.39 is 15.8 Å². The van der Waals surface area contributed by atoms with Crippen molar-refractivity contribution in [3.05, 3.63) is 54.1 Å². The average Bonchev–Trinajstić information content (AvgIpc) is 3.20. The van der Waals surface area contributed by atoms with Crippen LogP contribution in [0.1, 0.15) is 5.56 Å². The van der Waals surface area contributed by atoms with E-state index in [0.717, 1.165) is 3.97 Å². The quantitative estimate of drug-likeness (QED) is 0.710. The maximum atomic E-state index is 14.5. The van der Waals surface area contributed by atoms with Crippen molar-refractivity contribution in [1.82, 2.24) is 19.1 Å². The summed E-state index contributed by atoms with van der Waals surface area (Å²) in [6.07, 6.45) is 2.96. The van der Waals surface area contributed by atoms with Crippen molar-refractivity contribution in [3.8, 4) is 17.0 Å². The van der Waals surface area contributed by atoms with E-state index in [4.69, 9.17) is 4.74 Å². The number of nitrogens with one attached hydrogen (secondary N) is 1. The van der Waals surface area contributed by atoms with Crippen LogP contribution in [0.2, 0.25) is 0 Å². The highest BCUT2D eigenvalue weighted by molar-refractivity contribution is 7.90. The summed E-state index contributed by atoms with van der Waals surface area (Å²) >= 11 is 0. The Kier molecular flexibility index (Phi) is 4.84. The predicted molar refractivity (Wildman–Crippen MR) is 94.9 cm³/mol. The molecule has 0 aliphatic heterocycles. The van der Waals surface area contributed by atoms with Crippen LogP contribution < -0.4 is 10.1 Å². The minimum atomic E-state index is -4.03. The number of rotatable bonds is 6. The van der Waals surface area contributed by atoms with Crippen LogP contribution in [-0.2, 0) is 23.6 Å². The molecule has 0 aliphatic carbocycles. The molecule has 0 bridgehead atoms. The first-order valence-electron chi connectivity index (χ1n) is 7.83. The van der Waals surface area contributed by atoms with Gasteiger partial charge in [-0.3, -0.25) is 4.68 Å². The van der Waals surface area contributed by atoms with E-state index in [1.54, 1.807) is 26.2 Å². The van der Waals surface area contributed by atoms with E-state index in [2.05, 4.69) is 10.4 Å². The first-order chi connectivity index (χ1) is 12.4. The molecule has 1 aromatic carbocycles. The summed E-state index contributed by atoms with van der Waals surface area (Å²) in [4.78, 5) is 0. The molecule has 0 unspecified atom stereocenters. The molecule has 9 heteroatoms. The third-order valence-corrected chi connectivity index (χ3v) is 5.47. The van der Waals surface area contributed by atoms with Crippen molar-refractivity contribution in [2.24, 2.45) is 7.05 Å². The summed E-state index contributed by atoms with van der Waals surface area (Å²) in [5, 5.41) is 6.81. The zero-order chi connectivity index (χ0) is 18.9. The highest BCUT2D eigenvalue weighted by Crippen LogP contribution is 2.38. The Balaban J connectivity index is 2.33. The third-order valence-electron chi connectivity index (χ3n) is 3.91. The van der Waals surface area contributed by atoms with Gasteiger partial charge in [-0.25, -0.2) is 8.36 Å². The molecule has 0 atom stereocenters. The first kappa shape index (κ1) is 18.2. The van der Waals surface area contributed by atoms with Crippen molar-refractivity contribution in [2.45, 2.75) is 11.6 Å². The molecule has 0 saturated carbocycles.